The van der Waals surface area contributed by atoms with E-state index in [0.717, 1.165) is 11.8 Å². The number of carboxylic acid groups (broad SMARTS) is 2. The third-order valence-corrected chi connectivity index (χ3v) is 3.72. The van der Waals surface area contributed by atoms with Gasteiger partial charge < -0.3 is 19.7 Å². The number of esters is 1. The van der Waals surface area contributed by atoms with E-state index >= 15 is 0 Å². The molecular weight excluding hydrogens is 288 g/mol. The van der Waals surface area contributed by atoms with Crippen LogP contribution in [0.2, 0.25) is 0 Å². The van der Waals surface area contributed by atoms with Crippen molar-refractivity contribution in [3.63, 3.8) is 0 Å². The van der Waals surface area contributed by atoms with E-state index in [1.807, 2.05) is 6.92 Å². The van der Waals surface area contributed by atoms with Gasteiger partial charge in [0.25, 0.3) is 0 Å². The van der Waals surface area contributed by atoms with E-state index in [2.05, 4.69) is 0 Å². The van der Waals surface area contributed by atoms with Crippen LogP contribution in [0.25, 0.3) is 0 Å². The van der Waals surface area contributed by atoms with Gasteiger partial charge in [0.1, 0.15) is 11.9 Å². The Hall–Kier alpha value is -1.28. The zero-order chi connectivity index (χ0) is 15.5. The van der Waals surface area contributed by atoms with Crippen molar-refractivity contribution in [3.05, 3.63) is 0 Å². The first-order valence-corrected chi connectivity index (χ1v) is 7.23. The Labute approximate surface area is 121 Å². The average Bonchev–Trinajstić information content (AvgIpc) is 2.38. The lowest BCUT2D eigenvalue weighted by atomic mass is 10.2. The quantitative estimate of drug-likeness (QED) is 0.427. The van der Waals surface area contributed by atoms with Crippen LogP contribution in [0.4, 0.5) is 0 Å². The molecule has 0 rings (SSSR count). The molecule has 0 radical (unpaired) electrons. The third-order valence-electron chi connectivity index (χ3n) is 2.26. The number of ether oxygens (including phenoxy) is 2. The van der Waals surface area contributed by atoms with Gasteiger partial charge in [0, 0.05) is 12.4 Å². The van der Waals surface area contributed by atoms with Crippen LogP contribution in [0.3, 0.4) is 0 Å². The van der Waals surface area contributed by atoms with Gasteiger partial charge in [0.2, 0.25) is 0 Å². The Bertz CT molecular complexity index is 332. The standard InChI is InChI=1S/C12H20O7S/c1-3-18-4-5-19-12(17)8(2)7-20-9(11(15)16)6-10(13)14/h8-9H,3-7H2,1-2H3,(H,13,14)(H,15,16). The van der Waals surface area contributed by atoms with E-state index in [1.54, 1.807) is 6.92 Å². The molecule has 2 atom stereocenters. The van der Waals surface area contributed by atoms with Crippen LogP contribution in [0, 0.1) is 5.92 Å². The second-order valence-corrected chi connectivity index (χ2v) is 5.26. The van der Waals surface area contributed by atoms with E-state index in [1.165, 1.54) is 0 Å². The molecule has 0 saturated heterocycles. The number of carboxylic acids is 2. The zero-order valence-electron chi connectivity index (χ0n) is 11.5. The van der Waals surface area contributed by atoms with Crippen LogP contribution in [0.15, 0.2) is 0 Å². The van der Waals surface area contributed by atoms with Gasteiger partial charge in [0.15, 0.2) is 0 Å². The zero-order valence-corrected chi connectivity index (χ0v) is 12.4. The van der Waals surface area contributed by atoms with Gasteiger partial charge in [-0.2, -0.15) is 0 Å². The van der Waals surface area contributed by atoms with E-state index in [4.69, 9.17) is 19.7 Å². The summed E-state index contributed by atoms with van der Waals surface area (Å²) < 4.78 is 9.95. The maximum atomic E-state index is 11.6. The molecule has 0 aliphatic carbocycles. The number of carbonyl (C=O) groups is 3. The van der Waals surface area contributed by atoms with Gasteiger partial charge in [0.05, 0.1) is 18.9 Å². The fourth-order valence-corrected chi connectivity index (χ4v) is 2.25. The van der Waals surface area contributed by atoms with Gasteiger partial charge in [-0.15, -0.1) is 11.8 Å². The highest BCUT2D eigenvalue weighted by Crippen LogP contribution is 2.19. The summed E-state index contributed by atoms with van der Waals surface area (Å²) in [7, 11) is 0. The highest BCUT2D eigenvalue weighted by atomic mass is 32.2. The minimum Gasteiger partial charge on any atom is -0.481 e. The number of hydrogen-bond donors (Lipinski definition) is 2. The van der Waals surface area contributed by atoms with E-state index in [-0.39, 0.29) is 12.4 Å². The summed E-state index contributed by atoms with van der Waals surface area (Å²) in [5.74, 6) is -3.14. The van der Waals surface area contributed by atoms with Crippen molar-refractivity contribution >= 4 is 29.7 Å². The lowest BCUT2D eigenvalue weighted by Crippen LogP contribution is -2.24. The van der Waals surface area contributed by atoms with Crippen molar-refractivity contribution in [2.75, 3.05) is 25.6 Å². The predicted octanol–water partition coefficient (Wildman–Crippen LogP) is 0.863. The smallest absolute Gasteiger partial charge is 0.317 e. The van der Waals surface area contributed by atoms with Gasteiger partial charge in [-0.25, -0.2) is 0 Å². The fourth-order valence-electron chi connectivity index (χ4n) is 1.19. The first-order chi connectivity index (χ1) is 9.38. The van der Waals surface area contributed by atoms with E-state index in [9.17, 15) is 14.4 Å². The summed E-state index contributed by atoms with van der Waals surface area (Å²) in [4.78, 5) is 32.9. The Kier molecular flexibility index (Phi) is 9.83. The summed E-state index contributed by atoms with van der Waals surface area (Å²) in [5.41, 5.74) is 0. The first-order valence-electron chi connectivity index (χ1n) is 6.19. The molecule has 2 N–H and O–H groups in total. The summed E-state index contributed by atoms with van der Waals surface area (Å²) in [5, 5.41) is 16.4. The summed E-state index contributed by atoms with van der Waals surface area (Å²) in [6, 6.07) is 0. The Balaban J connectivity index is 4.04. The van der Waals surface area contributed by atoms with Crippen LogP contribution in [-0.4, -0.2) is 58.9 Å². The fraction of sp³-hybridized carbons (Fsp3) is 0.750. The Morgan fingerprint density at radius 2 is 1.85 bits per heavy atom. The molecule has 20 heavy (non-hydrogen) atoms. The molecule has 0 bridgehead atoms. The minimum absolute atomic E-state index is 0.152. The van der Waals surface area contributed by atoms with Gasteiger partial charge in [-0.05, 0) is 6.92 Å². The maximum absolute atomic E-state index is 11.6. The number of thioether (sulfide) groups is 1. The molecule has 0 heterocycles. The third kappa shape index (κ3) is 8.76. The highest BCUT2D eigenvalue weighted by Gasteiger charge is 2.24. The molecular formula is C12H20O7S. The molecule has 0 aromatic rings. The SMILES string of the molecule is CCOCCOC(=O)C(C)CSC(CC(=O)O)C(=O)O. The summed E-state index contributed by atoms with van der Waals surface area (Å²) in [6.45, 7) is 4.45. The van der Waals surface area contributed by atoms with E-state index in [0.29, 0.717) is 13.2 Å². The highest BCUT2D eigenvalue weighted by molar-refractivity contribution is 8.00. The molecule has 0 saturated carbocycles. The lowest BCUT2D eigenvalue weighted by Gasteiger charge is -2.14. The van der Waals surface area contributed by atoms with Crippen LogP contribution < -0.4 is 0 Å². The Morgan fingerprint density at radius 1 is 1.20 bits per heavy atom. The van der Waals surface area contributed by atoms with Crippen molar-refractivity contribution < 1.29 is 34.1 Å². The van der Waals surface area contributed by atoms with Crippen molar-refractivity contribution in [2.45, 2.75) is 25.5 Å². The summed E-state index contributed by atoms with van der Waals surface area (Å²) in [6.07, 6.45) is -0.480. The number of rotatable bonds is 11. The largest absolute Gasteiger partial charge is 0.481 e. The molecule has 2 unspecified atom stereocenters. The van der Waals surface area contributed by atoms with Crippen LogP contribution >= 0.6 is 11.8 Å². The molecule has 0 aliphatic heterocycles. The molecule has 0 aromatic carbocycles. The minimum atomic E-state index is -1.20. The van der Waals surface area contributed by atoms with Gasteiger partial charge in [-0.1, -0.05) is 6.92 Å². The average molecular weight is 308 g/mol. The first kappa shape index (κ1) is 18.7. The molecule has 0 aliphatic rings. The predicted molar refractivity (Wildman–Crippen MR) is 72.8 cm³/mol. The number of carbonyl (C=O) groups excluding carboxylic acids is 1. The molecule has 0 spiro atoms. The van der Waals surface area contributed by atoms with Gasteiger partial charge in [-0.3, -0.25) is 14.4 Å². The second-order valence-electron chi connectivity index (χ2n) is 4.02. The van der Waals surface area contributed by atoms with Crippen LogP contribution in [0.1, 0.15) is 20.3 Å². The Morgan fingerprint density at radius 3 is 2.35 bits per heavy atom. The van der Waals surface area contributed by atoms with Crippen LogP contribution in [-0.2, 0) is 23.9 Å². The van der Waals surface area contributed by atoms with Crippen molar-refractivity contribution in [3.8, 4) is 0 Å². The lowest BCUT2D eigenvalue weighted by molar-refractivity contribution is -0.148. The summed E-state index contributed by atoms with van der Waals surface area (Å²) >= 11 is 0.926. The molecule has 8 heteroatoms. The van der Waals surface area contributed by atoms with Crippen molar-refractivity contribution in [1.29, 1.82) is 0 Å². The normalized spacial score (nSPS) is 13.5. The number of hydrogen-bond acceptors (Lipinski definition) is 6. The molecule has 7 nitrogen and oxygen atoms in total. The topological polar surface area (TPSA) is 110 Å². The molecule has 0 fully saturated rings. The number of aliphatic carboxylic acids is 2. The van der Waals surface area contributed by atoms with Crippen molar-refractivity contribution in [2.24, 2.45) is 5.92 Å². The monoisotopic (exact) mass is 308 g/mol. The van der Waals surface area contributed by atoms with Crippen LogP contribution in [0.5, 0.6) is 0 Å². The molecule has 0 aromatic heterocycles. The van der Waals surface area contributed by atoms with Gasteiger partial charge >= 0.3 is 17.9 Å². The van der Waals surface area contributed by atoms with E-state index < -0.39 is 35.5 Å². The second kappa shape index (κ2) is 10.5. The molecule has 116 valence electrons. The molecule has 0 amide bonds. The van der Waals surface area contributed by atoms with Crippen molar-refractivity contribution in [1.82, 2.24) is 0 Å². The maximum Gasteiger partial charge on any atom is 0.317 e.